The van der Waals surface area contributed by atoms with E-state index in [-0.39, 0.29) is 11.3 Å². The van der Waals surface area contributed by atoms with Crippen molar-refractivity contribution in [1.29, 1.82) is 0 Å². The molecule has 1 atom stereocenters. The number of nitrogens with one attached hydrogen (secondary N) is 2. The third kappa shape index (κ3) is 3.81. The number of benzene rings is 1. The molecule has 0 spiro atoms. The Morgan fingerprint density at radius 1 is 1.50 bits per heavy atom. The molecule has 1 rings (SSSR count). The van der Waals surface area contributed by atoms with E-state index in [9.17, 15) is 13.2 Å². The zero-order chi connectivity index (χ0) is 15.3. The van der Waals surface area contributed by atoms with Gasteiger partial charge in [-0.1, -0.05) is 6.07 Å². The van der Waals surface area contributed by atoms with E-state index in [1.807, 2.05) is 0 Å². The Morgan fingerprint density at radius 3 is 2.70 bits per heavy atom. The topological polar surface area (TPSA) is 101 Å². The number of terminal acetylenes is 1. The molecule has 6 nitrogen and oxygen atoms in total. The van der Waals surface area contributed by atoms with E-state index in [2.05, 4.69) is 16.0 Å². The molecule has 0 aliphatic rings. The summed E-state index contributed by atoms with van der Waals surface area (Å²) >= 11 is 0. The van der Waals surface area contributed by atoms with Gasteiger partial charge in [-0.2, -0.15) is 0 Å². The number of hydrogen-bond donors (Lipinski definition) is 3. The van der Waals surface area contributed by atoms with Gasteiger partial charge in [-0.05, 0) is 31.7 Å². The molecule has 0 fully saturated rings. The number of hydrogen-bond acceptors (Lipinski definition) is 4. The van der Waals surface area contributed by atoms with Crippen LogP contribution in [0.15, 0.2) is 23.1 Å². The molecule has 0 heterocycles. The maximum Gasteiger partial charge on any atom is 0.242 e. The molecule has 0 saturated carbocycles. The molecule has 1 unspecified atom stereocenters. The molecule has 20 heavy (non-hydrogen) atoms. The van der Waals surface area contributed by atoms with Crippen LogP contribution in [0.1, 0.15) is 12.0 Å². The highest BCUT2D eigenvalue weighted by molar-refractivity contribution is 7.89. The van der Waals surface area contributed by atoms with Crippen LogP contribution in [0.2, 0.25) is 0 Å². The van der Waals surface area contributed by atoms with Gasteiger partial charge in [-0.15, -0.1) is 12.3 Å². The molecule has 0 bridgehead atoms. The number of carbonyl (C=O) groups excluding carboxylic acids is 1. The smallest absolute Gasteiger partial charge is 0.242 e. The summed E-state index contributed by atoms with van der Waals surface area (Å²) in [5.41, 5.74) is 6.49. The molecule has 4 N–H and O–H groups in total. The van der Waals surface area contributed by atoms with Crippen molar-refractivity contribution in [3.05, 3.63) is 23.8 Å². The highest BCUT2D eigenvalue weighted by Crippen LogP contribution is 2.20. The van der Waals surface area contributed by atoms with Gasteiger partial charge in [0.05, 0.1) is 10.9 Å². The van der Waals surface area contributed by atoms with Crippen molar-refractivity contribution < 1.29 is 13.2 Å². The average Bonchev–Trinajstić information content (AvgIpc) is 2.41. The van der Waals surface area contributed by atoms with Crippen molar-refractivity contribution in [3.63, 3.8) is 0 Å². The van der Waals surface area contributed by atoms with Crippen molar-refractivity contribution in [3.8, 4) is 12.3 Å². The van der Waals surface area contributed by atoms with Gasteiger partial charge in [0.2, 0.25) is 15.9 Å². The van der Waals surface area contributed by atoms with E-state index < -0.39 is 22.0 Å². The third-order valence-electron chi connectivity index (χ3n) is 2.69. The Kier molecular flexibility index (Phi) is 5.27. The lowest BCUT2D eigenvalue weighted by atomic mass is 10.2. The molecule has 1 aromatic carbocycles. The largest absolute Gasteiger partial charge is 0.325 e. The molecule has 0 aromatic heterocycles. The Bertz CT molecular complexity index is 647. The fourth-order valence-electron chi connectivity index (χ4n) is 1.53. The number of anilines is 1. The van der Waals surface area contributed by atoms with E-state index in [1.54, 1.807) is 19.1 Å². The van der Waals surface area contributed by atoms with E-state index in [0.29, 0.717) is 11.3 Å². The van der Waals surface area contributed by atoms with Gasteiger partial charge in [0.25, 0.3) is 0 Å². The molecular weight excluding hydrogens is 278 g/mol. The normalized spacial score (nSPS) is 12.5. The van der Waals surface area contributed by atoms with Crippen LogP contribution in [0.25, 0.3) is 0 Å². The molecule has 1 amide bonds. The predicted octanol–water partition coefficient (Wildman–Crippen LogP) is 0.192. The number of aryl methyl sites for hydroxylation is 1. The van der Waals surface area contributed by atoms with Gasteiger partial charge in [0.15, 0.2) is 0 Å². The minimum Gasteiger partial charge on any atom is -0.325 e. The molecule has 0 aliphatic carbocycles. The Morgan fingerprint density at radius 2 is 2.15 bits per heavy atom. The van der Waals surface area contributed by atoms with Gasteiger partial charge < -0.3 is 11.1 Å². The summed E-state index contributed by atoms with van der Waals surface area (Å²) in [5, 5.41) is 2.54. The van der Waals surface area contributed by atoms with Crippen molar-refractivity contribution in [2.45, 2.75) is 24.3 Å². The average molecular weight is 295 g/mol. The lowest BCUT2D eigenvalue weighted by Crippen LogP contribution is -2.35. The van der Waals surface area contributed by atoms with Crippen molar-refractivity contribution in [1.82, 2.24) is 4.72 Å². The van der Waals surface area contributed by atoms with Crippen molar-refractivity contribution >= 4 is 21.6 Å². The molecule has 0 aliphatic heterocycles. The number of nitrogens with two attached hydrogens (primary N) is 1. The Hall–Kier alpha value is -1.88. The molecular formula is C13H17N3O3S. The summed E-state index contributed by atoms with van der Waals surface area (Å²) in [4.78, 5) is 11.8. The van der Waals surface area contributed by atoms with Crippen LogP contribution in [-0.4, -0.2) is 27.4 Å². The maximum absolute atomic E-state index is 11.8. The zero-order valence-corrected chi connectivity index (χ0v) is 12.1. The van der Waals surface area contributed by atoms with Crippen LogP contribution in [-0.2, 0) is 14.8 Å². The number of rotatable bonds is 5. The SMILES string of the molecule is C#CCC(N)C(=O)Nc1ccc(C)c(S(=O)(=O)NC)c1. The standard InChI is InChI=1S/C13H17N3O3S/c1-4-5-11(14)13(17)16-10-7-6-9(2)12(8-10)20(18,19)15-3/h1,6-8,11,15H,5,14H2,2-3H3,(H,16,17). The Balaban J connectivity index is 3.03. The van der Waals surface area contributed by atoms with Crippen LogP contribution in [0.4, 0.5) is 5.69 Å². The Labute approximate surface area is 118 Å². The summed E-state index contributed by atoms with van der Waals surface area (Å²) < 4.78 is 25.9. The summed E-state index contributed by atoms with van der Waals surface area (Å²) in [5.74, 6) is 1.84. The van der Waals surface area contributed by atoms with Crippen LogP contribution in [0.3, 0.4) is 0 Å². The van der Waals surface area contributed by atoms with Gasteiger partial charge in [-0.25, -0.2) is 13.1 Å². The van der Waals surface area contributed by atoms with E-state index in [1.165, 1.54) is 13.1 Å². The molecule has 1 aromatic rings. The minimum atomic E-state index is -3.58. The second-order valence-electron chi connectivity index (χ2n) is 4.19. The fourth-order valence-corrected chi connectivity index (χ4v) is 2.53. The van der Waals surface area contributed by atoms with Crippen molar-refractivity contribution in [2.24, 2.45) is 5.73 Å². The number of sulfonamides is 1. The molecule has 108 valence electrons. The van der Waals surface area contributed by atoms with E-state index >= 15 is 0 Å². The lowest BCUT2D eigenvalue weighted by molar-refractivity contribution is -0.117. The van der Waals surface area contributed by atoms with E-state index in [4.69, 9.17) is 12.2 Å². The second kappa shape index (κ2) is 6.52. The van der Waals surface area contributed by atoms with Crippen LogP contribution in [0.5, 0.6) is 0 Å². The summed E-state index contributed by atoms with van der Waals surface area (Å²) in [6.45, 7) is 1.67. The quantitative estimate of drug-likeness (QED) is 0.675. The minimum absolute atomic E-state index is 0.100. The highest BCUT2D eigenvalue weighted by atomic mass is 32.2. The first-order valence-corrected chi connectivity index (χ1v) is 7.34. The first kappa shape index (κ1) is 16.2. The van der Waals surface area contributed by atoms with Gasteiger partial charge >= 0.3 is 0 Å². The molecule has 0 radical (unpaired) electrons. The fraction of sp³-hybridized carbons (Fsp3) is 0.308. The lowest BCUT2D eigenvalue weighted by Gasteiger charge is -2.12. The van der Waals surface area contributed by atoms with E-state index in [0.717, 1.165) is 0 Å². The first-order valence-electron chi connectivity index (χ1n) is 5.86. The van der Waals surface area contributed by atoms with Crippen molar-refractivity contribution in [2.75, 3.05) is 12.4 Å². The second-order valence-corrected chi connectivity index (χ2v) is 6.05. The molecule has 0 saturated heterocycles. The summed E-state index contributed by atoms with van der Waals surface area (Å²) in [6.07, 6.45) is 5.19. The number of carbonyl (C=O) groups is 1. The van der Waals surface area contributed by atoms with Gasteiger partial charge in [0.1, 0.15) is 0 Å². The molecule has 7 heteroatoms. The van der Waals surface area contributed by atoms with Crippen LogP contribution < -0.4 is 15.8 Å². The monoisotopic (exact) mass is 295 g/mol. The third-order valence-corrected chi connectivity index (χ3v) is 4.24. The number of amides is 1. The maximum atomic E-state index is 11.8. The van der Waals surface area contributed by atoms with Crippen LogP contribution in [0, 0.1) is 19.3 Å². The van der Waals surface area contributed by atoms with Gasteiger partial charge in [0, 0.05) is 12.1 Å². The highest BCUT2D eigenvalue weighted by Gasteiger charge is 2.17. The van der Waals surface area contributed by atoms with Crippen LogP contribution >= 0.6 is 0 Å². The predicted molar refractivity (Wildman–Crippen MR) is 77.5 cm³/mol. The first-order chi connectivity index (χ1) is 9.31. The zero-order valence-electron chi connectivity index (χ0n) is 11.3. The summed E-state index contributed by atoms with van der Waals surface area (Å²) in [7, 11) is -2.26. The van der Waals surface area contributed by atoms with Gasteiger partial charge in [-0.3, -0.25) is 4.79 Å². The summed E-state index contributed by atoms with van der Waals surface area (Å²) in [6, 6.07) is 3.75.